The first-order valence-electron chi connectivity index (χ1n) is 9.37. The number of nitrogens with one attached hydrogen (secondary N) is 3. The van der Waals surface area contributed by atoms with Crippen LogP contribution < -0.4 is 33.2 Å². The lowest BCUT2D eigenvalue weighted by Crippen LogP contribution is -2.59. The Bertz CT molecular complexity index is 698. The number of amides is 5. The molecule has 0 heterocycles. The Labute approximate surface area is 178 Å². The second-order valence-corrected chi connectivity index (χ2v) is 7.15. The van der Waals surface area contributed by atoms with Gasteiger partial charge in [0, 0.05) is 6.42 Å². The van der Waals surface area contributed by atoms with Crippen molar-refractivity contribution in [1.29, 1.82) is 0 Å². The normalized spacial score (nSPS) is 14.6. The van der Waals surface area contributed by atoms with Gasteiger partial charge in [-0.1, -0.05) is 13.8 Å². The van der Waals surface area contributed by atoms with Crippen LogP contribution in [-0.2, 0) is 28.8 Å². The van der Waals surface area contributed by atoms with Gasteiger partial charge >= 0.3 is 5.97 Å². The second-order valence-electron chi connectivity index (χ2n) is 7.15. The van der Waals surface area contributed by atoms with Crippen LogP contribution in [0.5, 0.6) is 0 Å². The van der Waals surface area contributed by atoms with E-state index in [2.05, 4.69) is 16.0 Å². The first kappa shape index (κ1) is 27.7. The van der Waals surface area contributed by atoms with Crippen LogP contribution in [0.2, 0.25) is 0 Å². The fourth-order valence-corrected chi connectivity index (χ4v) is 2.37. The van der Waals surface area contributed by atoms with E-state index in [-0.39, 0.29) is 6.42 Å². The second kappa shape index (κ2) is 13.1. The Morgan fingerprint density at radius 1 is 0.871 bits per heavy atom. The maximum absolute atomic E-state index is 12.7. The molecule has 176 valence electrons. The Hall–Kier alpha value is -3.26. The Kier molecular flexibility index (Phi) is 11.7. The third kappa shape index (κ3) is 10.4. The van der Waals surface area contributed by atoms with Crippen molar-refractivity contribution >= 4 is 35.5 Å². The summed E-state index contributed by atoms with van der Waals surface area (Å²) in [5, 5.41) is 24.6. The fraction of sp³-hybridized carbons (Fsp3) is 0.647. The van der Waals surface area contributed by atoms with Crippen molar-refractivity contribution in [3.8, 4) is 0 Å². The number of carbonyl (C=O) groups excluding carboxylic acids is 5. The molecule has 4 atom stereocenters. The number of aliphatic hydroxyl groups excluding tert-OH is 1. The van der Waals surface area contributed by atoms with Gasteiger partial charge in [0.25, 0.3) is 0 Å². The molecule has 0 aromatic carbocycles. The Morgan fingerprint density at radius 2 is 1.42 bits per heavy atom. The number of nitrogens with two attached hydrogens (primary N) is 3. The van der Waals surface area contributed by atoms with Crippen LogP contribution >= 0.6 is 0 Å². The smallest absolute Gasteiger partial charge is 0.303 e. The fourth-order valence-electron chi connectivity index (χ4n) is 2.37. The molecule has 0 fully saturated rings. The van der Waals surface area contributed by atoms with Crippen molar-refractivity contribution in [2.75, 3.05) is 6.61 Å². The highest BCUT2D eigenvalue weighted by molar-refractivity contribution is 5.95. The number of primary amides is 2. The molecule has 0 radical (unpaired) electrons. The molecule has 0 aliphatic heterocycles. The predicted molar refractivity (Wildman–Crippen MR) is 106 cm³/mol. The van der Waals surface area contributed by atoms with Crippen LogP contribution in [0.15, 0.2) is 0 Å². The summed E-state index contributed by atoms with van der Waals surface area (Å²) in [6.07, 6.45) is -1.34. The van der Waals surface area contributed by atoms with Crippen LogP contribution in [0.4, 0.5) is 0 Å². The van der Waals surface area contributed by atoms with E-state index in [0.29, 0.717) is 0 Å². The highest BCUT2D eigenvalue weighted by Crippen LogP contribution is 2.06. The third-order valence-electron chi connectivity index (χ3n) is 4.13. The van der Waals surface area contributed by atoms with E-state index in [1.807, 2.05) is 0 Å². The van der Waals surface area contributed by atoms with E-state index in [9.17, 15) is 28.8 Å². The van der Waals surface area contributed by atoms with E-state index < -0.39 is 85.0 Å². The lowest BCUT2D eigenvalue weighted by molar-refractivity contribution is -0.138. The van der Waals surface area contributed by atoms with Gasteiger partial charge in [0.1, 0.15) is 24.2 Å². The molecule has 0 spiro atoms. The van der Waals surface area contributed by atoms with Gasteiger partial charge in [-0.15, -0.1) is 0 Å². The quantitative estimate of drug-likeness (QED) is 0.128. The van der Waals surface area contributed by atoms with Crippen molar-refractivity contribution in [2.24, 2.45) is 23.1 Å². The molecule has 11 N–H and O–H groups in total. The molecule has 4 unspecified atom stereocenters. The molecule has 0 saturated heterocycles. The molecule has 31 heavy (non-hydrogen) atoms. The van der Waals surface area contributed by atoms with Gasteiger partial charge in [0.2, 0.25) is 29.5 Å². The van der Waals surface area contributed by atoms with Gasteiger partial charge in [-0.05, 0) is 12.3 Å². The molecule has 0 aliphatic rings. The average Bonchev–Trinajstić information content (AvgIpc) is 2.66. The topological polar surface area (TPSA) is 257 Å². The van der Waals surface area contributed by atoms with Gasteiger partial charge in [-0.2, -0.15) is 0 Å². The maximum Gasteiger partial charge on any atom is 0.303 e. The molecule has 0 aromatic rings. The van der Waals surface area contributed by atoms with Crippen molar-refractivity contribution in [3.63, 3.8) is 0 Å². The van der Waals surface area contributed by atoms with E-state index in [4.69, 9.17) is 27.4 Å². The number of rotatable bonds is 14. The van der Waals surface area contributed by atoms with Crippen molar-refractivity contribution in [1.82, 2.24) is 16.0 Å². The van der Waals surface area contributed by atoms with Crippen LogP contribution in [0.25, 0.3) is 0 Å². The lowest BCUT2D eigenvalue weighted by atomic mass is 10.0. The van der Waals surface area contributed by atoms with E-state index >= 15 is 0 Å². The number of aliphatic hydroxyl groups is 1. The minimum absolute atomic E-state index is 0.316. The van der Waals surface area contributed by atoms with E-state index in [1.165, 1.54) is 0 Å². The highest BCUT2D eigenvalue weighted by Gasteiger charge is 2.32. The monoisotopic (exact) mass is 446 g/mol. The molecule has 0 bridgehead atoms. The van der Waals surface area contributed by atoms with Gasteiger partial charge in [0.15, 0.2) is 0 Å². The molecule has 14 nitrogen and oxygen atoms in total. The molecule has 0 saturated carbocycles. The van der Waals surface area contributed by atoms with Gasteiger partial charge in [-0.25, -0.2) is 0 Å². The highest BCUT2D eigenvalue weighted by atomic mass is 16.4. The van der Waals surface area contributed by atoms with Gasteiger partial charge in [0.05, 0.1) is 13.0 Å². The van der Waals surface area contributed by atoms with Crippen LogP contribution in [0.1, 0.15) is 33.1 Å². The maximum atomic E-state index is 12.7. The zero-order chi connectivity index (χ0) is 24.3. The first-order valence-corrected chi connectivity index (χ1v) is 9.37. The number of hydrogen-bond donors (Lipinski definition) is 8. The van der Waals surface area contributed by atoms with Crippen molar-refractivity contribution in [3.05, 3.63) is 0 Å². The van der Waals surface area contributed by atoms with Crippen LogP contribution in [0, 0.1) is 5.92 Å². The molecule has 14 heteroatoms. The largest absolute Gasteiger partial charge is 0.481 e. The summed E-state index contributed by atoms with van der Waals surface area (Å²) in [6.45, 7) is 2.44. The Morgan fingerprint density at radius 3 is 1.84 bits per heavy atom. The summed E-state index contributed by atoms with van der Waals surface area (Å²) in [5.41, 5.74) is 15.5. The predicted octanol–water partition coefficient (Wildman–Crippen LogP) is -4.36. The minimum Gasteiger partial charge on any atom is -0.481 e. The number of carboxylic acids is 1. The number of hydrogen-bond acceptors (Lipinski definition) is 8. The van der Waals surface area contributed by atoms with Crippen LogP contribution in [0.3, 0.4) is 0 Å². The number of carboxylic acid groups (broad SMARTS) is 1. The zero-order valence-electron chi connectivity index (χ0n) is 17.3. The summed E-state index contributed by atoms with van der Waals surface area (Å²) < 4.78 is 0. The average molecular weight is 446 g/mol. The SMILES string of the molecule is CC(C)C(NC(=O)C(CCC(=O)O)NC(=O)C(N)CO)C(=O)NC(CC(N)=O)C(N)=O. The third-order valence-corrected chi connectivity index (χ3v) is 4.13. The molecular weight excluding hydrogens is 416 g/mol. The minimum atomic E-state index is -1.40. The molecule has 0 aromatic heterocycles. The zero-order valence-corrected chi connectivity index (χ0v) is 17.3. The van der Waals surface area contributed by atoms with Gasteiger partial charge < -0.3 is 43.4 Å². The summed E-state index contributed by atoms with van der Waals surface area (Å²) in [5.74, 6) is -6.26. The number of aliphatic carboxylic acids is 1. The number of carbonyl (C=O) groups is 6. The first-order chi connectivity index (χ1) is 14.3. The van der Waals surface area contributed by atoms with Gasteiger partial charge in [-0.3, -0.25) is 28.8 Å². The molecule has 0 aliphatic carbocycles. The summed E-state index contributed by atoms with van der Waals surface area (Å²) in [6, 6.07) is -5.33. The summed E-state index contributed by atoms with van der Waals surface area (Å²) in [7, 11) is 0. The molecule has 5 amide bonds. The standard InChI is InChI=1S/C17H30N6O8/c1-7(2)13(17(31)22-10(14(20)28)5-11(19)25)23-16(30)9(3-4-12(26)27)21-15(29)8(18)6-24/h7-10,13,24H,3-6,18H2,1-2H3,(H2,19,25)(H2,20,28)(H,21,29)(H,22,31)(H,23,30)(H,26,27). The van der Waals surface area contributed by atoms with Crippen LogP contribution in [-0.4, -0.2) is 76.5 Å². The molecular formula is C17H30N6O8. The summed E-state index contributed by atoms with van der Waals surface area (Å²) in [4.78, 5) is 70.5. The van der Waals surface area contributed by atoms with Crippen molar-refractivity contribution in [2.45, 2.75) is 57.3 Å². The Balaban J connectivity index is 5.45. The van der Waals surface area contributed by atoms with E-state index in [0.717, 1.165) is 0 Å². The van der Waals surface area contributed by atoms with E-state index in [1.54, 1.807) is 13.8 Å². The molecule has 0 rings (SSSR count). The van der Waals surface area contributed by atoms with Crippen molar-refractivity contribution < 1.29 is 39.0 Å². The lowest BCUT2D eigenvalue weighted by Gasteiger charge is -2.27. The summed E-state index contributed by atoms with van der Waals surface area (Å²) >= 11 is 0.